The van der Waals surface area contributed by atoms with Gasteiger partial charge < -0.3 is 0 Å². The van der Waals surface area contributed by atoms with E-state index in [0.717, 1.165) is 0 Å². The summed E-state index contributed by atoms with van der Waals surface area (Å²) in [5.74, 6) is 0. The minimum Gasteiger partial charge on any atom is -0.0741 e. The van der Waals surface area contributed by atoms with Crippen LogP contribution in [-0.2, 0) is 0 Å². The van der Waals surface area contributed by atoms with Gasteiger partial charge in [-0.3, -0.25) is 0 Å². The monoisotopic (exact) mass is 198 g/mol. The Kier molecular flexibility index (Phi) is 2.16. The summed E-state index contributed by atoms with van der Waals surface area (Å²) in [4.78, 5) is 0. The molecule has 0 nitrogen and oxygen atoms in total. The molecule has 78 valence electrons. The van der Waals surface area contributed by atoms with E-state index in [-0.39, 0.29) is 0 Å². The molecule has 0 aromatic heterocycles. The Hall–Kier alpha value is -1.04. The van der Waals surface area contributed by atoms with Gasteiger partial charge in [0, 0.05) is 0 Å². The van der Waals surface area contributed by atoms with Crippen molar-refractivity contribution in [2.45, 2.75) is 38.5 Å². The van der Waals surface area contributed by atoms with Crippen LogP contribution in [0.4, 0.5) is 0 Å². The van der Waals surface area contributed by atoms with E-state index in [4.69, 9.17) is 0 Å². The lowest BCUT2D eigenvalue weighted by Gasteiger charge is -2.43. The van der Waals surface area contributed by atoms with Gasteiger partial charge in [0.05, 0.1) is 0 Å². The summed E-state index contributed by atoms with van der Waals surface area (Å²) in [5.41, 5.74) is 3.63. The third-order valence-corrected chi connectivity index (χ3v) is 4.02. The fourth-order valence-corrected chi connectivity index (χ4v) is 3.13. The Morgan fingerprint density at radius 1 is 0.867 bits per heavy atom. The first-order valence-corrected chi connectivity index (χ1v) is 6.15. The van der Waals surface area contributed by atoms with Gasteiger partial charge in [-0.15, -0.1) is 0 Å². The largest absolute Gasteiger partial charge is 0.0741 e. The van der Waals surface area contributed by atoms with Gasteiger partial charge in [0.2, 0.25) is 0 Å². The predicted molar refractivity (Wildman–Crippen MR) is 64.6 cm³/mol. The molecule has 0 N–H and O–H groups in total. The van der Waals surface area contributed by atoms with Crippen molar-refractivity contribution < 1.29 is 0 Å². The van der Waals surface area contributed by atoms with Gasteiger partial charge in [0.25, 0.3) is 0 Å². The van der Waals surface area contributed by atoms with E-state index in [1.54, 1.807) is 5.57 Å². The lowest BCUT2D eigenvalue weighted by molar-refractivity contribution is 0.243. The molecule has 1 fully saturated rings. The second kappa shape index (κ2) is 3.52. The van der Waals surface area contributed by atoms with Crippen molar-refractivity contribution in [1.29, 1.82) is 0 Å². The maximum Gasteiger partial charge on any atom is -0.00717 e. The van der Waals surface area contributed by atoms with E-state index in [1.807, 2.05) is 0 Å². The summed E-state index contributed by atoms with van der Waals surface area (Å²) in [6.07, 6.45) is 11.1. The summed E-state index contributed by atoms with van der Waals surface area (Å²) >= 11 is 0. The van der Waals surface area contributed by atoms with Gasteiger partial charge in [-0.2, -0.15) is 0 Å². The molecule has 1 saturated carbocycles. The first-order chi connectivity index (χ1) is 7.38. The standard InChI is InChI=1S/C15H18/c1-3-7-13(8-4-1)14-11-15(12-14)9-5-2-6-10-15/h1,3-4,7-8,11H,2,5-6,9-10,12H2. The van der Waals surface area contributed by atoms with Gasteiger partial charge in [-0.1, -0.05) is 55.7 Å². The lowest BCUT2D eigenvalue weighted by atomic mass is 9.62. The third-order valence-electron chi connectivity index (χ3n) is 4.02. The topological polar surface area (TPSA) is 0 Å². The lowest BCUT2D eigenvalue weighted by Crippen LogP contribution is -2.28. The number of hydrogen-bond acceptors (Lipinski definition) is 0. The Labute approximate surface area is 92.0 Å². The summed E-state index contributed by atoms with van der Waals surface area (Å²) in [7, 11) is 0. The van der Waals surface area contributed by atoms with Crippen LogP contribution in [0.25, 0.3) is 5.57 Å². The third kappa shape index (κ3) is 1.62. The van der Waals surface area contributed by atoms with Crippen molar-refractivity contribution >= 4 is 5.57 Å². The molecule has 1 aromatic carbocycles. The molecule has 2 aliphatic rings. The zero-order valence-corrected chi connectivity index (χ0v) is 9.21. The maximum atomic E-state index is 2.56. The Morgan fingerprint density at radius 3 is 2.20 bits per heavy atom. The Morgan fingerprint density at radius 2 is 1.53 bits per heavy atom. The SMILES string of the molecule is C1=C(c2ccccc2)CC12CCCCC2. The highest BCUT2D eigenvalue weighted by molar-refractivity contribution is 5.72. The van der Waals surface area contributed by atoms with Crippen molar-refractivity contribution in [2.75, 3.05) is 0 Å². The Balaban J connectivity index is 1.80. The molecular formula is C15H18. The van der Waals surface area contributed by atoms with Crippen LogP contribution in [0.5, 0.6) is 0 Å². The van der Waals surface area contributed by atoms with Gasteiger partial charge in [-0.25, -0.2) is 0 Å². The molecule has 3 rings (SSSR count). The molecule has 0 heterocycles. The summed E-state index contributed by atoms with van der Waals surface area (Å²) < 4.78 is 0. The second-order valence-corrected chi connectivity index (χ2v) is 5.14. The highest BCUT2D eigenvalue weighted by atomic mass is 14.4. The zero-order valence-electron chi connectivity index (χ0n) is 9.21. The molecular weight excluding hydrogens is 180 g/mol. The van der Waals surface area contributed by atoms with E-state index >= 15 is 0 Å². The van der Waals surface area contributed by atoms with Crippen molar-refractivity contribution in [3.05, 3.63) is 42.0 Å². The van der Waals surface area contributed by atoms with E-state index in [9.17, 15) is 0 Å². The minimum absolute atomic E-state index is 0.615. The molecule has 0 saturated heterocycles. The molecule has 0 amide bonds. The van der Waals surface area contributed by atoms with Crippen LogP contribution in [-0.4, -0.2) is 0 Å². The van der Waals surface area contributed by atoms with Gasteiger partial charge in [0.15, 0.2) is 0 Å². The van der Waals surface area contributed by atoms with Crippen LogP contribution in [0, 0.1) is 5.41 Å². The average Bonchev–Trinajstić information content (AvgIpc) is 2.28. The van der Waals surface area contributed by atoms with Gasteiger partial charge in [0.1, 0.15) is 0 Å². The van der Waals surface area contributed by atoms with Crippen molar-refractivity contribution in [1.82, 2.24) is 0 Å². The van der Waals surface area contributed by atoms with Crippen LogP contribution in [0.3, 0.4) is 0 Å². The highest BCUT2D eigenvalue weighted by Gasteiger charge is 2.37. The number of hydrogen-bond donors (Lipinski definition) is 0. The van der Waals surface area contributed by atoms with E-state index in [1.165, 1.54) is 44.1 Å². The molecule has 0 radical (unpaired) electrons. The quantitative estimate of drug-likeness (QED) is 0.626. The van der Waals surface area contributed by atoms with Gasteiger partial charge >= 0.3 is 0 Å². The molecule has 1 aromatic rings. The first kappa shape index (κ1) is 9.21. The number of rotatable bonds is 1. The molecule has 0 aliphatic heterocycles. The van der Waals surface area contributed by atoms with Crippen molar-refractivity contribution in [3.63, 3.8) is 0 Å². The summed E-state index contributed by atoms with van der Waals surface area (Å²) in [5, 5.41) is 0. The Bertz CT molecular complexity index is 366. The molecule has 1 spiro atoms. The molecule has 15 heavy (non-hydrogen) atoms. The van der Waals surface area contributed by atoms with Gasteiger partial charge in [-0.05, 0) is 35.8 Å². The second-order valence-electron chi connectivity index (χ2n) is 5.14. The molecule has 0 bridgehead atoms. The average molecular weight is 198 g/mol. The van der Waals surface area contributed by atoms with E-state index in [0.29, 0.717) is 5.41 Å². The van der Waals surface area contributed by atoms with Crippen LogP contribution < -0.4 is 0 Å². The molecule has 0 unspecified atom stereocenters. The van der Waals surface area contributed by atoms with E-state index in [2.05, 4.69) is 36.4 Å². The summed E-state index contributed by atoms with van der Waals surface area (Å²) in [6.45, 7) is 0. The predicted octanol–water partition coefficient (Wildman–Crippen LogP) is 4.42. The van der Waals surface area contributed by atoms with Crippen molar-refractivity contribution in [2.24, 2.45) is 5.41 Å². The first-order valence-electron chi connectivity index (χ1n) is 6.15. The van der Waals surface area contributed by atoms with Crippen LogP contribution in [0.1, 0.15) is 44.1 Å². The fraction of sp³-hybridized carbons (Fsp3) is 0.467. The van der Waals surface area contributed by atoms with Crippen LogP contribution in [0.2, 0.25) is 0 Å². The zero-order chi connectivity index (χ0) is 10.1. The maximum absolute atomic E-state index is 2.56. The van der Waals surface area contributed by atoms with Crippen molar-refractivity contribution in [3.8, 4) is 0 Å². The molecule has 2 aliphatic carbocycles. The fourth-order valence-electron chi connectivity index (χ4n) is 3.13. The van der Waals surface area contributed by atoms with Crippen LogP contribution in [0.15, 0.2) is 36.4 Å². The smallest absolute Gasteiger partial charge is 0.00717 e. The minimum atomic E-state index is 0.615. The van der Waals surface area contributed by atoms with Crippen LogP contribution >= 0.6 is 0 Å². The van der Waals surface area contributed by atoms with E-state index < -0.39 is 0 Å². The number of benzene rings is 1. The normalized spacial score (nSPS) is 23.3. The summed E-state index contributed by atoms with van der Waals surface area (Å²) in [6, 6.07) is 10.9. The molecule has 0 atom stereocenters. The number of allylic oxidation sites excluding steroid dienone is 2. The molecule has 0 heteroatoms. The highest BCUT2D eigenvalue weighted by Crippen LogP contribution is 2.52.